The molecule has 0 spiro atoms. The largest absolute Gasteiger partial charge is 0.495 e. The van der Waals surface area contributed by atoms with Gasteiger partial charge in [-0.2, -0.15) is 0 Å². The molecule has 0 unspecified atom stereocenters. The topological polar surface area (TPSA) is 38.3 Å². The predicted octanol–water partition coefficient (Wildman–Crippen LogP) is 1.65. The van der Waals surface area contributed by atoms with Crippen LogP contribution >= 0.6 is 11.3 Å². The molecule has 0 atom stereocenters. The summed E-state index contributed by atoms with van der Waals surface area (Å²) in [5, 5.41) is 3.35. The summed E-state index contributed by atoms with van der Waals surface area (Å²) < 4.78 is 5.36. The summed E-state index contributed by atoms with van der Waals surface area (Å²) in [7, 11) is 1.65. The van der Waals surface area contributed by atoms with Crippen LogP contribution in [0.25, 0.3) is 0 Å². The molecule has 4 heteroatoms. The van der Waals surface area contributed by atoms with Gasteiger partial charge in [0.2, 0.25) is 0 Å². The Morgan fingerprint density at radius 3 is 2.80 bits per heavy atom. The molecule has 1 aliphatic heterocycles. The Balaban J connectivity index is 2.47. The molecule has 0 saturated carbocycles. The number of methoxy groups -OCH3 is 1. The summed E-state index contributed by atoms with van der Waals surface area (Å²) in [5.74, 6) is 0.920. The van der Waals surface area contributed by atoms with Gasteiger partial charge in [0, 0.05) is 17.4 Å². The van der Waals surface area contributed by atoms with Gasteiger partial charge < -0.3 is 10.1 Å². The lowest BCUT2D eigenvalue weighted by Gasteiger charge is -2.03. The maximum atomic E-state index is 11.4. The molecular formula is C11H15NO2S. The highest BCUT2D eigenvalue weighted by atomic mass is 32.1. The Morgan fingerprint density at radius 1 is 1.40 bits per heavy atom. The second kappa shape index (κ2) is 4.33. The van der Waals surface area contributed by atoms with Crippen LogP contribution in [0.3, 0.4) is 0 Å². The minimum Gasteiger partial charge on any atom is -0.495 e. The molecular weight excluding hydrogens is 210 g/mol. The second-order valence-corrected chi connectivity index (χ2v) is 4.78. The monoisotopic (exact) mass is 225 g/mol. The van der Waals surface area contributed by atoms with Crippen LogP contribution in [0.2, 0.25) is 0 Å². The van der Waals surface area contributed by atoms with Gasteiger partial charge in [0.1, 0.15) is 10.6 Å². The van der Waals surface area contributed by atoms with Crippen molar-refractivity contribution in [1.29, 1.82) is 0 Å². The van der Waals surface area contributed by atoms with Gasteiger partial charge >= 0.3 is 0 Å². The molecule has 1 aromatic heterocycles. The average Bonchev–Trinajstić information content (AvgIpc) is 2.40. The van der Waals surface area contributed by atoms with E-state index in [4.69, 9.17) is 4.74 Å². The van der Waals surface area contributed by atoms with Crippen molar-refractivity contribution in [3.05, 3.63) is 15.3 Å². The molecule has 82 valence electrons. The number of carbonyl (C=O) groups excluding carboxylic acids is 1. The fourth-order valence-corrected chi connectivity index (χ4v) is 3.15. The lowest BCUT2D eigenvalue weighted by Crippen LogP contribution is -2.16. The highest BCUT2D eigenvalue weighted by Crippen LogP contribution is 2.36. The molecule has 15 heavy (non-hydrogen) atoms. The highest BCUT2D eigenvalue weighted by Gasteiger charge is 2.22. The van der Waals surface area contributed by atoms with Gasteiger partial charge in [-0.1, -0.05) is 0 Å². The van der Waals surface area contributed by atoms with E-state index < -0.39 is 0 Å². The zero-order valence-corrected chi connectivity index (χ0v) is 9.87. The van der Waals surface area contributed by atoms with Gasteiger partial charge in [-0.25, -0.2) is 0 Å². The fraction of sp³-hybridized carbons (Fsp3) is 0.545. The van der Waals surface area contributed by atoms with Crippen molar-refractivity contribution in [3.8, 4) is 5.75 Å². The summed E-state index contributed by atoms with van der Waals surface area (Å²) in [6.45, 7) is 3.57. The quantitative estimate of drug-likeness (QED) is 0.778. The summed E-state index contributed by atoms with van der Waals surface area (Å²) in [6.07, 6.45) is 1.96. The first-order valence-electron chi connectivity index (χ1n) is 5.14. The van der Waals surface area contributed by atoms with Crippen LogP contribution in [-0.4, -0.2) is 26.0 Å². The van der Waals surface area contributed by atoms with Crippen LogP contribution in [0.15, 0.2) is 0 Å². The Bertz CT molecular complexity index is 384. The van der Waals surface area contributed by atoms with Crippen molar-refractivity contribution >= 4 is 17.1 Å². The van der Waals surface area contributed by atoms with E-state index in [1.807, 2.05) is 0 Å². The van der Waals surface area contributed by atoms with Crippen molar-refractivity contribution in [2.75, 3.05) is 20.2 Å². The Hall–Kier alpha value is -0.870. The van der Waals surface area contributed by atoms with E-state index in [9.17, 15) is 4.79 Å². The summed E-state index contributed by atoms with van der Waals surface area (Å²) in [6, 6.07) is 0. The fourth-order valence-electron chi connectivity index (χ4n) is 1.94. The molecule has 1 N–H and O–H groups in total. The van der Waals surface area contributed by atoms with Crippen molar-refractivity contribution in [1.82, 2.24) is 5.32 Å². The summed E-state index contributed by atoms with van der Waals surface area (Å²) >= 11 is 1.59. The molecule has 0 aliphatic carbocycles. The van der Waals surface area contributed by atoms with Crippen molar-refractivity contribution < 1.29 is 9.53 Å². The van der Waals surface area contributed by atoms with E-state index in [1.165, 1.54) is 10.4 Å². The molecule has 2 heterocycles. The van der Waals surface area contributed by atoms with E-state index in [2.05, 4.69) is 5.32 Å². The molecule has 0 bridgehead atoms. The van der Waals surface area contributed by atoms with E-state index in [0.717, 1.165) is 36.6 Å². The third kappa shape index (κ3) is 1.92. The van der Waals surface area contributed by atoms with E-state index in [0.29, 0.717) is 0 Å². The standard InChI is InChI=1S/C11H15NO2S/c1-7(13)11-10(14-2)8-3-5-12-6-4-9(8)15-11/h12H,3-6H2,1-2H3. The van der Waals surface area contributed by atoms with E-state index in [-0.39, 0.29) is 5.78 Å². The number of hydrogen-bond donors (Lipinski definition) is 1. The Labute approximate surface area is 93.4 Å². The second-order valence-electron chi connectivity index (χ2n) is 3.67. The Kier molecular flexibility index (Phi) is 3.07. The smallest absolute Gasteiger partial charge is 0.173 e. The average molecular weight is 225 g/mol. The molecule has 0 fully saturated rings. The minimum absolute atomic E-state index is 0.109. The summed E-state index contributed by atoms with van der Waals surface area (Å²) in [5.41, 5.74) is 1.23. The van der Waals surface area contributed by atoms with Gasteiger partial charge in [0.15, 0.2) is 5.78 Å². The Morgan fingerprint density at radius 2 is 2.13 bits per heavy atom. The van der Waals surface area contributed by atoms with Gasteiger partial charge in [0.05, 0.1) is 7.11 Å². The highest BCUT2D eigenvalue weighted by molar-refractivity contribution is 7.14. The molecule has 0 radical (unpaired) electrons. The first kappa shape index (κ1) is 10.6. The van der Waals surface area contributed by atoms with Crippen molar-refractivity contribution in [2.45, 2.75) is 19.8 Å². The molecule has 2 rings (SSSR count). The number of nitrogens with one attached hydrogen (secondary N) is 1. The number of rotatable bonds is 2. The number of carbonyl (C=O) groups is 1. The number of thiophene rings is 1. The molecule has 1 aromatic rings. The third-order valence-corrected chi connectivity index (χ3v) is 4.02. The predicted molar refractivity (Wildman–Crippen MR) is 61.2 cm³/mol. The van der Waals surface area contributed by atoms with Crippen LogP contribution in [0.5, 0.6) is 5.75 Å². The van der Waals surface area contributed by atoms with E-state index >= 15 is 0 Å². The zero-order valence-electron chi connectivity index (χ0n) is 9.05. The lowest BCUT2D eigenvalue weighted by atomic mass is 10.1. The van der Waals surface area contributed by atoms with Gasteiger partial charge in [-0.15, -0.1) is 11.3 Å². The van der Waals surface area contributed by atoms with Crippen LogP contribution in [-0.2, 0) is 12.8 Å². The number of fused-ring (bicyclic) bond motifs is 1. The lowest BCUT2D eigenvalue weighted by molar-refractivity contribution is 0.101. The van der Waals surface area contributed by atoms with Crippen LogP contribution in [0, 0.1) is 0 Å². The summed E-state index contributed by atoms with van der Waals surface area (Å²) in [4.78, 5) is 13.5. The molecule has 0 amide bonds. The van der Waals surface area contributed by atoms with Crippen LogP contribution in [0.4, 0.5) is 0 Å². The van der Waals surface area contributed by atoms with Gasteiger partial charge in [-0.05, 0) is 25.9 Å². The SMILES string of the molecule is COc1c(C(C)=O)sc2c1CCNCC2. The van der Waals surface area contributed by atoms with Gasteiger partial charge in [-0.3, -0.25) is 4.79 Å². The van der Waals surface area contributed by atoms with Crippen LogP contribution < -0.4 is 10.1 Å². The van der Waals surface area contributed by atoms with Crippen molar-refractivity contribution in [2.24, 2.45) is 0 Å². The first-order chi connectivity index (χ1) is 7.24. The number of ether oxygens (including phenoxy) is 1. The maximum absolute atomic E-state index is 11.4. The third-order valence-electron chi connectivity index (χ3n) is 2.65. The van der Waals surface area contributed by atoms with Gasteiger partial charge in [0.25, 0.3) is 0 Å². The van der Waals surface area contributed by atoms with Crippen LogP contribution in [0.1, 0.15) is 27.0 Å². The molecule has 3 nitrogen and oxygen atoms in total. The first-order valence-corrected chi connectivity index (χ1v) is 5.96. The normalized spacial score (nSPS) is 15.6. The number of ketones is 1. The maximum Gasteiger partial charge on any atom is 0.173 e. The number of hydrogen-bond acceptors (Lipinski definition) is 4. The molecule has 1 aliphatic rings. The van der Waals surface area contributed by atoms with E-state index in [1.54, 1.807) is 25.4 Å². The zero-order chi connectivity index (χ0) is 10.8. The molecule has 0 saturated heterocycles. The minimum atomic E-state index is 0.109. The number of Topliss-reactive ketones (excluding diaryl/α,β-unsaturated/α-hetero) is 1. The van der Waals surface area contributed by atoms with Crippen molar-refractivity contribution in [3.63, 3.8) is 0 Å². The molecule has 0 aromatic carbocycles.